The molecule has 0 aliphatic carbocycles. The fraction of sp³-hybridized carbons (Fsp3) is 0.0769. The van der Waals surface area contributed by atoms with Gasteiger partial charge in [0.05, 0.1) is 11.4 Å². The molecule has 0 aromatic heterocycles. The van der Waals surface area contributed by atoms with Crippen LogP contribution in [0, 0.1) is 0 Å². The van der Waals surface area contributed by atoms with E-state index >= 15 is 0 Å². The van der Waals surface area contributed by atoms with Gasteiger partial charge in [-0.15, -0.1) is 0 Å². The van der Waals surface area contributed by atoms with Gasteiger partial charge in [-0.05, 0) is 50.2 Å². The largest absolute Gasteiger partial charge is 0.342 e. The maximum absolute atomic E-state index is 11.8. The van der Waals surface area contributed by atoms with E-state index in [9.17, 15) is 9.59 Å². The van der Waals surface area contributed by atoms with Crippen molar-refractivity contribution in [2.75, 3.05) is 21.3 Å². The van der Waals surface area contributed by atoms with E-state index in [0.29, 0.717) is 11.6 Å². The van der Waals surface area contributed by atoms with Crippen LogP contribution >= 0.6 is 0 Å². The van der Waals surface area contributed by atoms with Gasteiger partial charge < -0.3 is 21.3 Å². The van der Waals surface area contributed by atoms with Gasteiger partial charge in [0.15, 0.2) is 11.6 Å². The maximum atomic E-state index is 11.8. The average Bonchev–Trinajstić information content (AvgIpc) is 2.75. The first-order valence-corrected chi connectivity index (χ1v) is 10.2. The van der Waals surface area contributed by atoms with Gasteiger partial charge in [-0.3, -0.25) is 9.59 Å². The van der Waals surface area contributed by atoms with Gasteiger partial charge in [-0.25, -0.2) is 0 Å². The summed E-state index contributed by atoms with van der Waals surface area (Å²) in [6.07, 6.45) is 3.00. The fourth-order valence-electron chi connectivity index (χ4n) is 2.96. The highest BCUT2D eigenvalue weighted by Gasteiger charge is 2.08. The van der Waals surface area contributed by atoms with Gasteiger partial charge in [-0.2, -0.15) is 0 Å². The van der Waals surface area contributed by atoms with Crippen molar-refractivity contribution in [2.45, 2.75) is 13.8 Å². The smallest absolute Gasteiger partial charge is 0.156 e. The Hall–Kier alpha value is -4.32. The molecule has 32 heavy (non-hydrogen) atoms. The molecule has 4 N–H and O–H groups in total. The highest BCUT2D eigenvalue weighted by molar-refractivity contribution is 5.90. The summed E-state index contributed by atoms with van der Waals surface area (Å²) in [7, 11) is 0. The number of allylic oxidation sites excluding steroid dienone is 2. The Bertz CT molecular complexity index is 1030. The van der Waals surface area contributed by atoms with Crippen molar-refractivity contribution >= 4 is 34.3 Å². The lowest BCUT2D eigenvalue weighted by Crippen LogP contribution is -2.15. The molecule has 0 bridgehead atoms. The maximum Gasteiger partial charge on any atom is 0.156 e. The first kappa shape index (κ1) is 22.4. The molecule has 3 aromatic carbocycles. The summed E-state index contributed by atoms with van der Waals surface area (Å²) in [5, 5.41) is 13.0. The van der Waals surface area contributed by atoms with E-state index in [1.165, 1.54) is 26.0 Å². The van der Waals surface area contributed by atoms with Crippen LogP contribution in [0.3, 0.4) is 0 Å². The number of carbonyl (C=O) groups is 2. The summed E-state index contributed by atoms with van der Waals surface area (Å²) in [5.74, 6) is 0.880. The molecular formula is C26H26N4O2. The molecule has 0 fully saturated rings. The fourth-order valence-corrected chi connectivity index (χ4v) is 2.96. The third-order valence-electron chi connectivity index (χ3n) is 4.27. The third kappa shape index (κ3) is 7.18. The monoisotopic (exact) mass is 426 g/mol. The minimum absolute atomic E-state index is 0.0933. The summed E-state index contributed by atoms with van der Waals surface area (Å²) < 4.78 is 0. The molecule has 6 nitrogen and oxygen atoms in total. The predicted octanol–water partition coefficient (Wildman–Crippen LogP) is 5.60. The second-order valence-electron chi connectivity index (χ2n) is 7.11. The molecule has 0 heterocycles. The molecular weight excluding hydrogens is 400 g/mol. The Labute approximate surface area is 188 Å². The van der Waals surface area contributed by atoms with E-state index in [1.54, 1.807) is 0 Å². The lowest BCUT2D eigenvalue weighted by atomic mass is 10.2. The van der Waals surface area contributed by atoms with Gasteiger partial charge in [0.2, 0.25) is 0 Å². The molecule has 0 radical (unpaired) electrons. The van der Waals surface area contributed by atoms with Crippen molar-refractivity contribution in [1.29, 1.82) is 0 Å². The van der Waals surface area contributed by atoms with Crippen LogP contribution in [-0.4, -0.2) is 11.6 Å². The number of ketones is 2. The van der Waals surface area contributed by atoms with Gasteiger partial charge in [0, 0.05) is 23.5 Å². The van der Waals surface area contributed by atoms with Gasteiger partial charge in [0.25, 0.3) is 0 Å². The molecule has 162 valence electrons. The van der Waals surface area contributed by atoms with E-state index in [1.807, 2.05) is 84.9 Å². The van der Waals surface area contributed by atoms with E-state index in [4.69, 9.17) is 0 Å². The number of anilines is 4. The van der Waals surface area contributed by atoms with Gasteiger partial charge in [-0.1, -0.05) is 48.5 Å². The number of para-hydroxylation sites is 4. The van der Waals surface area contributed by atoms with E-state index in [2.05, 4.69) is 21.3 Å². The van der Waals surface area contributed by atoms with Crippen molar-refractivity contribution in [3.05, 3.63) is 109 Å². The molecule has 0 saturated carbocycles. The van der Waals surface area contributed by atoms with Crippen LogP contribution in [0.2, 0.25) is 0 Å². The Morgan fingerprint density at radius 1 is 0.531 bits per heavy atom. The highest BCUT2D eigenvalue weighted by atomic mass is 16.1. The van der Waals surface area contributed by atoms with Crippen molar-refractivity contribution in [3.63, 3.8) is 0 Å². The predicted molar refractivity (Wildman–Crippen MR) is 131 cm³/mol. The van der Waals surface area contributed by atoms with Crippen LogP contribution in [-0.2, 0) is 9.59 Å². The minimum atomic E-state index is -0.0933. The number of benzene rings is 3. The summed E-state index contributed by atoms with van der Waals surface area (Å²) in [6.45, 7) is 2.99. The molecule has 0 aliphatic heterocycles. The zero-order chi connectivity index (χ0) is 22.8. The lowest BCUT2D eigenvalue weighted by molar-refractivity contribution is -0.113. The minimum Gasteiger partial charge on any atom is -0.342 e. The normalized spacial score (nSPS) is 11.4. The first-order valence-electron chi connectivity index (χ1n) is 10.2. The summed E-state index contributed by atoms with van der Waals surface area (Å²) in [5.41, 5.74) is 3.15. The van der Waals surface area contributed by atoms with E-state index in [0.717, 1.165) is 22.7 Å². The van der Waals surface area contributed by atoms with Crippen molar-refractivity contribution in [3.8, 4) is 0 Å². The Kier molecular flexibility index (Phi) is 7.81. The van der Waals surface area contributed by atoms with Crippen LogP contribution in [0.5, 0.6) is 0 Å². The molecule has 3 aromatic rings. The second kappa shape index (κ2) is 11.2. The Balaban J connectivity index is 1.85. The summed E-state index contributed by atoms with van der Waals surface area (Å²) in [6, 6.07) is 26.7. The third-order valence-corrected chi connectivity index (χ3v) is 4.27. The van der Waals surface area contributed by atoms with Crippen LogP contribution in [0.15, 0.2) is 109 Å². The first-order chi connectivity index (χ1) is 15.5. The van der Waals surface area contributed by atoms with Gasteiger partial charge >= 0.3 is 0 Å². The van der Waals surface area contributed by atoms with E-state index < -0.39 is 0 Å². The van der Waals surface area contributed by atoms with Crippen LogP contribution in [0.4, 0.5) is 22.7 Å². The van der Waals surface area contributed by atoms with Crippen molar-refractivity contribution < 1.29 is 9.59 Å². The Morgan fingerprint density at radius 3 is 1.22 bits per heavy atom. The second-order valence-corrected chi connectivity index (χ2v) is 7.11. The quantitative estimate of drug-likeness (QED) is 0.316. The number of carbonyl (C=O) groups excluding carboxylic acids is 2. The zero-order valence-electron chi connectivity index (χ0n) is 18.1. The topological polar surface area (TPSA) is 82.3 Å². The zero-order valence-corrected chi connectivity index (χ0v) is 18.1. The standard InChI is InChI=1S/C26H26N4O2/c1-19(31)17-25(27-21-11-5-3-6-12-21)29-23-15-9-10-16-24(23)30-26(18-20(2)32)28-22-13-7-4-8-14-22/h3-18,27-30H,1-2H3/b25-17-,26-18+. The summed E-state index contributed by atoms with van der Waals surface area (Å²) >= 11 is 0. The molecule has 0 atom stereocenters. The number of hydrogen-bond donors (Lipinski definition) is 4. The molecule has 0 saturated heterocycles. The van der Waals surface area contributed by atoms with Crippen LogP contribution < -0.4 is 21.3 Å². The lowest BCUT2D eigenvalue weighted by Gasteiger charge is -2.19. The van der Waals surface area contributed by atoms with Crippen LogP contribution in [0.1, 0.15) is 13.8 Å². The Morgan fingerprint density at radius 2 is 0.875 bits per heavy atom. The molecule has 0 unspecified atom stereocenters. The number of hydrogen-bond acceptors (Lipinski definition) is 6. The van der Waals surface area contributed by atoms with Crippen LogP contribution in [0.25, 0.3) is 0 Å². The molecule has 0 aliphatic rings. The average molecular weight is 427 g/mol. The highest BCUT2D eigenvalue weighted by Crippen LogP contribution is 2.25. The molecule has 3 rings (SSSR count). The van der Waals surface area contributed by atoms with Crippen molar-refractivity contribution in [2.24, 2.45) is 0 Å². The number of nitrogens with one attached hydrogen (secondary N) is 4. The summed E-state index contributed by atoms with van der Waals surface area (Å²) in [4.78, 5) is 23.6. The van der Waals surface area contributed by atoms with Gasteiger partial charge in [0.1, 0.15) is 11.6 Å². The SMILES string of the molecule is CC(=O)/C=C(/Nc1ccccc1)Nc1ccccc1N/C(=C/C(C)=O)Nc1ccccc1. The molecule has 6 heteroatoms. The number of rotatable bonds is 10. The van der Waals surface area contributed by atoms with Crippen molar-refractivity contribution in [1.82, 2.24) is 0 Å². The molecule has 0 spiro atoms. The van der Waals surface area contributed by atoms with E-state index in [-0.39, 0.29) is 11.6 Å². The molecule has 0 amide bonds.